The second kappa shape index (κ2) is 8.90. The highest BCUT2D eigenvalue weighted by Gasteiger charge is 2.29. The lowest BCUT2D eigenvalue weighted by Gasteiger charge is -2.38. The maximum Gasteiger partial charge on any atom is 0.316 e. The van der Waals surface area contributed by atoms with Crippen molar-refractivity contribution in [2.75, 3.05) is 12.4 Å². The number of hydrogen-bond donors (Lipinski definition) is 0. The van der Waals surface area contributed by atoms with Crippen LogP contribution < -0.4 is 0 Å². The normalized spacial score (nSPS) is 20.8. The van der Waals surface area contributed by atoms with E-state index in [0.29, 0.717) is 0 Å². The second-order valence-electron chi connectivity index (χ2n) is 6.29. The average Bonchev–Trinajstić information content (AvgIpc) is 2.52. The Morgan fingerprint density at radius 1 is 1.29 bits per heavy atom. The molecule has 1 aromatic rings. The molecule has 6 heteroatoms. The number of likely N-dealkylation sites (tertiary alicyclic amines) is 1. The molecule has 1 aliphatic rings. The van der Waals surface area contributed by atoms with Gasteiger partial charge in [0.2, 0.25) is 0 Å². The monoisotopic (exact) mass is 413 g/mol. The molecule has 1 fully saturated rings. The first kappa shape index (κ1) is 19.3. The Kier molecular flexibility index (Phi) is 7.16. The molecule has 1 saturated heterocycles. The van der Waals surface area contributed by atoms with Crippen molar-refractivity contribution in [1.82, 2.24) is 4.90 Å². The second-order valence-corrected chi connectivity index (χ2v) is 8.22. The molecule has 1 heterocycles. The average molecular weight is 414 g/mol. The number of benzene rings is 1. The topological polar surface area (TPSA) is 46.6 Å². The van der Waals surface area contributed by atoms with Gasteiger partial charge >= 0.3 is 5.97 Å². The number of nitrogens with zero attached hydrogens (tertiary/aromatic N) is 1. The van der Waals surface area contributed by atoms with Gasteiger partial charge in [0.05, 0.1) is 5.75 Å². The van der Waals surface area contributed by atoms with Crippen LogP contribution in [0.4, 0.5) is 0 Å². The van der Waals surface area contributed by atoms with Gasteiger partial charge < -0.3 is 9.64 Å². The van der Waals surface area contributed by atoms with Crippen molar-refractivity contribution in [3.05, 3.63) is 28.2 Å². The number of aryl methyl sites for hydroxylation is 1. The molecule has 0 aliphatic carbocycles. The van der Waals surface area contributed by atoms with Crippen LogP contribution in [-0.4, -0.2) is 41.2 Å². The van der Waals surface area contributed by atoms with Crippen molar-refractivity contribution in [2.45, 2.75) is 57.0 Å². The van der Waals surface area contributed by atoms with Gasteiger partial charge in [-0.25, -0.2) is 0 Å². The van der Waals surface area contributed by atoms with Gasteiger partial charge in [-0.05, 0) is 63.8 Å². The minimum absolute atomic E-state index is 0.0899. The summed E-state index contributed by atoms with van der Waals surface area (Å²) in [4.78, 5) is 27.2. The summed E-state index contributed by atoms with van der Waals surface area (Å²) in [7, 11) is 0. The Labute approximate surface area is 156 Å². The van der Waals surface area contributed by atoms with Crippen LogP contribution >= 0.6 is 27.7 Å². The molecule has 0 N–H and O–H groups in total. The van der Waals surface area contributed by atoms with Gasteiger partial charge in [-0.15, -0.1) is 11.8 Å². The standard InChI is InChI=1S/C18H24BrNO3S/c1-12-9-15(19)7-8-16(12)24-11-18(22)23-10-17(21)20-13(2)5-4-6-14(20)3/h7-9,13-14H,4-6,10-11H2,1-3H3/t13-,14+. The summed E-state index contributed by atoms with van der Waals surface area (Å²) in [6.45, 7) is 5.96. The van der Waals surface area contributed by atoms with Gasteiger partial charge in [-0.3, -0.25) is 9.59 Å². The zero-order valence-electron chi connectivity index (χ0n) is 14.4. The van der Waals surface area contributed by atoms with E-state index in [-0.39, 0.29) is 36.3 Å². The molecule has 4 nitrogen and oxygen atoms in total. The van der Waals surface area contributed by atoms with E-state index in [1.807, 2.05) is 30.0 Å². The van der Waals surface area contributed by atoms with E-state index in [0.717, 1.165) is 34.2 Å². The Bertz CT molecular complexity index is 598. The predicted octanol–water partition coefficient (Wildman–Crippen LogP) is 4.18. The Hall–Kier alpha value is -1.01. The number of thioether (sulfide) groups is 1. The first-order chi connectivity index (χ1) is 11.4. The summed E-state index contributed by atoms with van der Waals surface area (Å²) in [6, 6.07) is 6.37. The van der Waals surface area contributed by atoms with Crippen molar-refractivity contribution >= 4 is 39.6 Å². The number of rotatable bonds is 5. The molecule has 0 spiro atoms. The zero-order valence-corrected chi connectivity index (χ0v) is 16.8. The number of carbonyl (C=O) groups excluding carboxylic acids is 2. The van der Waals surface area contributed by atoms with Gasteiger partial charge in [-0.1, -0.05) is 15.9 Å². The number of hydrogen-bond acceptors (Lipinski definition) is 4. The zero-order chi connectivity index (χ0) is 17.7. The fourth-order valence-corrected chi connectivity index (χ4v) is 4.37. The minimum Gasteiger partial charge on any atom is -0.455 e. The number of esters is 1. The van der Waals surface area contributed by atoms with Crippen molar-refractivity contribution in [3.8, 4) is 0 Å². The van der Waals surface area contributed by atoms with E-state index >= 15 is 0 Å². The van der Waals surface area contributed by atoms with Crippen LogP contribution in [0.2, 0.25) is 0 Å². The van der Waals surface area contributed by atoms with Crippen molar-refractivity contribution in [2.24, 2.45) is 0 Å². The molecule has 0 saturated carbocycles. The number of piperidine rings is 1. The van der Waals surface area contributed by atoms with Crippen LogP contribution in [0, 0.1) is 6.92 Å². The SMILES string of the molecule is Cc1cc(Br)ccc1SCC(=O)OCC(=O)N1[C@H](C)CCC[C@@H]1C. The molecule has 0 aromatic heterocycles. The fraction of sp³-hybridized carbons (Fsp3) is 0.556. The van der Waals surface area contributed by atoms with E-state index in [2.05, 4.69) is 29.8 Å². The molecular formula is C18H24BrNO3S. The number of amides is 1. The van der Waals surface area contributed by atoms with Crippen LogP contribution in [0.5, 0.6) is 0 Å². The van der Waals surface area contributed by atoms with Crippen LogP contribution in [0.15, 0.2) is 27.6 Å². The van der Waals surface area contributed by atoms with Gasteiger partial charge in [0.15, 0.2) is 6.61 Å². The van der Waals surface area contributed by atoms with E-state index in [9.17, 15) is 9.59 Å². The van der Waals surface area contributed by atoms with Crippen LogP contribution in [0.1, 0.15) is 38.7 Å². The summed E-state index contributed by atoms with van der Waals surface area (Å²) in [5.41, 5.74) is 1.11. The van der Waals surface area contributed by atoms with Crippen LogP contribution in [0.3, 0.4) is 0 Å². The molecule has 2 rings (SSSR count). The van der Waals surface area contributed by atoms with Crippen molar-refractivity contribution in [1.29, 1.82) is 0 Å². The predicted molar refractivity (Wildman–Crippen MR) is 100 cm³/mol. The smallest absolute Gasteiger partial charge is 0.316 e. The lowest BCUT2D eigenvalue weighted by Crippen LogP contribution is -2.49. The van der Waals surface area contributed by atoms with Crippen molar-refractivity contribution in [3.63, 3.8) is 0 Å². The van der Waals surface area contributed by atoms with E-state index in [4.69, 9.17) is 4.74 Å². The highest BCUT2D eigenvalue weighted by Crippen LogP contribution is 2.25. The van der Waals surface area contributed by atoms with Crippen LogP contribution in [0.25, 0.3) is 0 Å². The maximum absolute atomic E-state index is 12.3. The van der Waals surface area contributed by atoms with Crippen LogP contribution in [-0.2, 0) is 14.3 Å². The van der Waals surface area contributed by atoms with Gasteiger partial charge in [0.1, 0.15) is 0 Å². The van der Waals surface area contributed by atoms with E-state index in [1.165, 1.54) is 11.8 Å². The Balaban J connectivity index is 1.79. The number of carbonyl (C=O) groups is 2. The molecule has 1 amide bonds. The third-order valence-electron chi connectivity index (χ3n) is 4.32. The van der Waals surface area contributed by atoms with E-state index in [1.54, 1.807) is 0 Å². The van der Waals surface area contributed by atoms with Gasteiger partial charge in [0.25, 0.3) is 5.91 Å². The third-order valence-corrected chi connectivity index (χ3v) is 5.96. The Morgan fingerprint density at radius 2 is 1.96 bits per heavy atom. The summed E-state index contributed by atoms with van der Waals surface area (Å²) >= 11 is 4.85. The molecule has 0 bridgehead atoms. The summed E-state index contributed by atoms with van der Waals surface area (Å²) in [6.07, 6.45) is 3.18. The van der Waals surface area contributed by atoms with Gasteiger partial charge in [-0.2, -0.15) is 0 Å². The molecule has 1 aromatic carbocycles. The fourth-order valence-electron chi connectivity index (χ4n) is 3.08. The summed E-state index contributed by atoms with van der Waals surface area (Å²) < 4.78 is 6.19. The Morgan fingerprint density at radius 3 is 2.58 bits per heavy atom. The number of halogens is 1. The molecular weight excluding hydrogens is 390 g/mol. The molecule has 24 heavy (non-hydrogen) atoms. The third kappa shape index (κ3) is 5.24. The molecule has 1 aliphatic heterocycles. The minimum atomic E-state index is -0.354. The lowest BCUT2D eigenvalue weighted by atomic mass is 9.97. The molecule has 2 atom stereocenters. The van der Waals surface area contributed by atoms with E-state index < -0.39 is 0 Å². The van der Waals surface area contributed by atoms with Gasteiger partial charge in [0, 0.05) is 21.5 Å². The quantitative estimate of drug-likeness (QED) is 0.536. The van der Waals surface area contributed by atoms with Crippen molar-refractivity contribution < 1.29 is 14.3 Å². The first-order valence-electron chi connectivity index (χ1n) is 8.24. The molecule has 0 unspecified atom stereocenters. The lowest BCUT2D eigenvalue weighted by molar-refractivity contribution is -0.153. The molecule has 132 valence electrons. The molecule has 0 radical (unpaired) electrons. The largest absolute Gasteiger partial charge is 0.455 e. The first-order valence-corrected chi connectivity index (χ1v) is 10.0. The summed E-state index contributed by atoms with van der Waals surface area (Å²) in [5.74, 6) is -0.234. The highest BCUT2D eigenvalue weighted by molar-refractivity contribution is 9.10. The maximum atomic E-state index is 12.3. The number of ether oxygens (including phenoxy) is 1. The summed E-state index contributed by atoms with van der Waals surface area (Å²) in [5, 5.41) is 0. The highest BCUT2D eigenvalue weighted by atomic mass is 79.9.